The molecule has 1 aliphatic heterocycles. The lowest BCUT2D eigenvalue weighted by molar-refractivity contribution is -0.137. The van der Waals surface area contributed by atoms with Gasteiger partial charge in [0.25, 0.3) is 11.8 Å². The first-order valence-electron chi connectivity index (χ1n) is 10.5. The Morgan fingerprint density at radius 3 is 2.29 bits per heavy atom. The molecule has 34 heavy (non-hydrogen) atoms. The number of para-hydroxylation sites is 1. The molecule has 3 N–H and O–H groups in total. The van der Waals surface area contributed by atoms with Crippen LogP contribution in [0.25, 0.3) is 0 Å². The van der Waals surface area contributed by atoms with Crippen molar-refractivity contribution in [3.05, 3.63) is 59.7 Å². The third-order valence-electron chi connectivity index (χ3n) is 5.65. The highest BCUT2D eigenvalue weighted by Gasteiger charge is 2.49. The molecule has 0 bridgehead atoms. The van der Waals surface area contributed by atoms with Gasteiger partial charge >= 0.3 is 12.2 Å². The Labute approximate surface area is 193 Å². The normalized spacial score (nSPS) is 15.1. The Morgan fingerprint density at radius 1 is 1.00 bits per heavy atom. The van der Waals surface area contributed by atoms with Gasteiger partial charge in [-0.3, -0.25) is 19.3 Å². The number of halogens is 3. The van der Waals surface area contributed by atoms with Crippen LogP contribution in [0, 0.1) is 0 Å². The van der Waals surface area contributed by atoms with E-state index < -0.39 is 47.6 Å². The van der Waals surface area contributed by atoms with Gasteiger partial charge in [-0.1, -0.05) is 32.0 Å². The maximum absolute atomic E-state index is 12.9. The van der Waals surface area contributed by atoms with Gasteiger partial charge in [-0.15, -0.1) is 0 Å². The molecular formula is C23H23F3N4O4. The Balaban J connectivity index is 1.73. The molecule has 8 nitrogen and oxygen atoms in total. The predicted molar refractivity (Wildman–Crippen MR) is 118 cm³/mol. The number of amides is 5. The van der Waals surface area contributed by atoms with Gasteiger partial charge < -0.3 is 16.0 Å². The van der Waals surface area contributed by atoms with Crippen molar-refractivity contribution in [2.45, 2.75) is 38.4 Å². The number of anilines is 2. The van der Waals surface area contributed by atoms with Crippen LogP contribution in [0.5, 0.6) is 0 Å². The first-order chi connectivity index (χ1) is 16.0. The Morgan fingerprint density at radius 2 is 1.68 bits per heavy atom. The number of hydrogen-bond donors (Lipinski definition) is 3. The summed E-state index contributed by atoms with van der Waals surface area (Å²) in [5.74, 6) is -1.97. The van der Waals surface area contributed by atoms with Crippen molar-refractivity contribution in [1.29, 1.82) is 0 Å². The summed E-state index contributed by atoms with van der Waals surface area (Å²) in [6.07, 6.45) is -3.84. The highest BCUT2D eigenvalue weighted by Crippen LogP contribution is 2.31. The molecule has 0 radical (unpaired) electrons. The van der Waals surface area contributed by atoms with Crippen molar-refractivity contribution in [2.24, 2.45) is 0 Å². The highest BCUT2D eigenvalue weighted by atomic mass is 19.4. The molecule has 1 aliphatic rings. The number of imide groups is 1. The van der Waals surface area contributed by atoms with E-state index >= 15 is 0 Å². The zero-order valence-corrected chi connectivity index (χ0v) is 18.5. The number of benzene rings is 2. The third-order valence-corrected chi connectivity index (χ3v) is 5.65. The second-order valence-electron chi connectivity index (χ2n) is 7.74. The van der Waals surface area contributed by atoms with Crippen LogP contribution in [0.3, 0.4) is 0 Å². The molecule has 0 unspecified atom stereocenters. The summed E-state index contributed by atoms with van der Waals surface area (Å²) in [5.41, 5.74) is -1.99. The fourth-order valence-corrected chi connectivity index (χ4v) is 3.64. The minimum absolute atomic E-state index is 0.0121. The number of carbonyl (C=O) groups is 4. The van der Waals surface area contributed by atoms with Crippen molar-refractivity contribution in [3.63, 3.8) is 0 Å². The summed E-state index contributed by atoms with van der Waals surface area (Å²) in [7, 11) is 0. The van der Waals surface area contributed by atoms with Gasteiger partial charge in [0, 0.05) is 5.69 Å². The lowest BCUT2D eigenvalue weighted by Gasteiger charge is -2.23. The molecule has 1 saturated heterocycles. The van der Waals surface area contributed by atoms with Crippen molar-refractivity contribution < 1.29 is 32.3 Å². The summed E-state index contributed by atoms with van der Waals surface area (Å²) >= 11 is 0. The maximum Gasteiger partial charge on any atom is 0.416 e. The number of carbonyl (C=O) groups excluding carboxylic acids is 4. The first-order valence-corrected chi connectivity index (χ1v) is 10.5. The number of nitrogens with zero attached hydrogens (tertiary/aromatic N) is 1. The molecule has 1 heterocycles. The van der Waals surface area contributed by atoms with Gasteiger partial charge in [-0.2, -0.15) is 13.2 Å². The molecule has 0 atom stereocenters. The summed E-state index contributed by atoms with van der Waals surface area (Å²) in [5, 5.41) is 7.49. The minimum Gasteiger partial charge on any atom is -0.324 e. The van der Waals surface area contributed by atoms with Gasteiger partial charge in [-0.05, 0) is 43.2 Å². The summed E-state index contributed by atoms with van der Waals surface area (Å²) in [6.45, 7) is 2.95. The fourth-order valence-electron chi connectivity index (χ4n) is 3.64. The fraction of sp³-hybridized carbons (Fsp3) is 0.304. The molecule has 2 aromatic rings. The molecule has 0 aliphatic carbocycles. The average Bonchev–Trinajstić information content (AvgIpc) is 3.03. The average molecular weight is 476 g/mol. The number of hydrogen-bond acceptors (Lipinski definition) is 4. The van der Waals surface area contributed by atoms with Crippen LogP contribution in [0.2, 0.25) is 0 Å². The van der Waals surface area contributed by atoms with Crippen molar-refractivity contribution >= 4 is 35.1 Å². The van der Waals surface area contributed by atoms with Crippen LogP contribution in [0.1, 0.15) is 42.6 Å². The second-order valence-corrected chi connectivity index (χ2v) is 7.74. The molecule has 5 amide bonds. The number of rotatable bonds is 7. The van der Waals surface area contributed by atoms with Crippen LogP contribution in [-0.2, 0) is 15.8 Å². The SMILES string of the molecule is CCC1(CC)NC(=O)N(CC(=O)Nc2ccccc2C(=O)Nc2cccc(C(F)(F)F)c2)C1=O. The molecule has 11 heteroatoms. The molecule has 2 aromatic carbocycles. The highest BCUT2D eigenvalue weighted by molar-refractivity contribution is 6.12. The van der Waals surface area contributed by atoms with E-state index in [9.17, 15) is 32.3 Å². The first kappa shape index (κ1) is 24.7. The molecule has 0 saturated carbocycles. The molecule has 0 aromatic heterocycles. The molecule has 1 fully saturated rings. The maximum atomic E-state index is 12.9. The smallest absolute Gasteiger partial charge is 0.324 e. The molecule has 180 valence electrons. The second kappa shape index (κ2) is 9.54. The lowest BCUT2D eigenvalue weighted by Crippen LogP contribution is -2.46. The van der Waals surface area contributed by atoms with Crippen molar-refractivity contribution in [1.82, 2.24) is 10.2 Å². The summed E-state index contributed by atoms with van der Waals surface area (Å²) in [6, 6.07) is 9.33. The van der Waals surface area contributed by atoms with Crippen LogP contribution in [0.15, 0.2) is 48.5 Å². The number of urea groups is 1. The van der Waals surface area contributed by atoms with Crippen LogP contribution in [-0.4, -0.2) is 40.7 Å². The Kier molecular flexibility index (Phi) is 6.94. The number of nitrogens with one attached hydrogen (secondary N) is 3. The zero-order valence-electron chi connectivity index (χ0n) is 18.5. The monoisotopic (exact) mass is 476 g/mol. The summed E-state index contributed by atoms with van der Waals surface area (Å²) in [4.78, 5) is 51.1. The van der Waals surface area contributed by atoms with E-state index in [1.54, 1.807) is 19.9 Å². The van der Waals surface area contributed by atoms with E-state index in [0.29, 0.717) is 12.8 Å². The van der Waals surface area contributed by atoms with E-state index in [-0.39, 0.29) is 16.9 Å². The summed E-state index contributed by atoms with van der Waals surface area (Å²) < 4.78 is 38.8. The quantitative estimate of drug-likeness (QED) is 0.525. The van der Waals surface area contributed by atoms with Gasteiger partial charge in [0.15, 0.2) is 0 Å². The van der Waals surface area contributed by atoms with Gasteiger partial charge in [-0.25, -0.2) is 4.79 Å². The van der Waals surface area contributed by atoms with Gasteiger partial charge in [0.05, 0.1) is 16.8 Å². The van der Waals surface area contributed by atoms with E-state index in [2.05, 4.69) is 16.0 Å². The standard InChI is InChI=1S/C23H23F3N4O4/c1-3-22(4-2)20(33)30(21(34)29-22)13-18(31)28-17-11-6-5-10-16(17)19(32)27-15-9-7-8-14(12-15)23(24,25)26/h5-12H,3-4,13H2,1-2H3,(H,27,32)(H,28,31)(H,29,34). The topological polar surface area (TPSA) is 108 Å². The lowest BCUT2D eigenvalue weighted by atomic mass is 9.93. The Bertz CT molecular complexity index is 1130. The molecule has 0 spiro atoms. The minimum atomic E-state index is -4.57. The largest absolute Gasteiger partial charge is 0.416 e. The third kappa shape index (κ3) is 5.03. The Hall–Kier alpha value is -3.89. The van der Waals surface area contributed by atoms with Crippen LogP contribution < -0.4 is 16.0 Å². The van der Waals surface area contributed by atoms with E-state index in [1.807, 2.05) is 0 Å². The van der Waals surface area contributed by atoms with E-state index in [0.717, 1.165) is 23.1 Å². The van der Waals surface area contributed by atoms with Gasteiger partial charge in [0.2, 0.25) is 5.91 Å². The van der Waals surface area contributed by atoms with Crippen molar-refractivity contribution in [2.75, 3.05) is 17.2 Å². The van der Waals surface area contributed by atoms with Crippen molar-refractivity contribution in [3.8, 4) is 0 Å². The predicted octanol–water partition coefficient (Wildman–Crippen LogP) is 4.01. The van der Waals surface area contributed by atoms with Crippen LogP contribution >= 0.6 is 0 Å². The number of alkyl halides is 3. The molecule has 3 rings (SSSR count). The van der Waals surface area contributed by atoms with E-state index in [4.69, 9.17) is 0 Å². The van der Waals surface area contributed by atoms with Gasteiger partial charge in [0.1, 0.15) is 12.1 Å². The zero-order chi connectivity index (χ0) is 25.1. The van der Waals surface area contributed by atoms with Crippen LogP contribution in [0.4, 0.5) is 29.3 Å². The van der Waals surface area contributed by atoms with E-state index in [1.165, 1.54) is 24.3 Å². The molecular weight excluding hydrogens is 453 g/mol.